The molecule has 88 valence electrons. The zero-order valence-corrected chi connectivity index (χ0v) is 9.72. The third-order valence-corrected chi connectivity index (χ3v) is 2.55. The lowest BCUT2D eigenvalue weighted by atomic mass is 9.93. The Balaban J connectivity index is 2.77. The van der Waals surface area contributed by atoms with Gasteiger partial charge in [0.15, 0.2) is 0 Å². The summed E-state index contributed by atoms with van der Waals surface area (Å²) in [6, 6.07) is 9.19. The zero-order chi connectivity index (χ0) is 12.0. The number of rotatable bonds is 5. The van der Waals surface area contributed by atoms with E-state index >= 15 is 0 Å². The van der Waals surface area contributed by atoms with E-state index in [4.69, 9.17) is 4.74 Å². The van der Waals surface area contributed by atoms with Gasteiger partial charge in [0, 0.05) is 0 Å². The van der Waals surface area contributed by atoms with Gasteiger partial charge in [-0.2, -0.15) is 0 Å². The number of hydrogen-bond donors (Lipinski definition) is 1. The third-order valence-electron chi connectivity index (χ3n) is 2.55. The monoisotopic (exact) mass is 222 g/mol. The SMILES string of the molecule is CCOC(=O)[C@H](CC)[C@H](O)c1ccccc1. The van der Waals surface area contributed by atoms with Gasteiger partial charge in [-0.1, -0.05) is 37.3 Å². The third kappa shape index (κ3) is 3.07. The smallest absolute Gasteiger partial charge is 0.311 e. The van der Waals surface area contributed by atoms with Crippen LogP contribution in [0.5, 0.6) is 0 Å². The van der Waals surface area contributed by atoms with Gasteiger partial charge < -0.3 is 9.84 Å². The maximum absolute atomic E-state index is 11.6. The molecule has 0 aliphatic heterocycles. The lowest BCUT2D eigenvalue weighted by Gasteiger charge is -2.20. The molecule has 1 N–H and O–H groups in total. The summed E-state index contributed by atoms with van der Waals surface area (Å²) in [5.41, 5.74) is 0.752. The van der Waals surface area contributed by atoms with E-state index in [1.807, 2.05) is 37.3 Å². The summed E-state index contributed by atoms with van der Waals surface area (Å²) in [5, 5.41) is 10.1. The van der Waals surface area contributed by atoms with E-state index < -0.39 is 12.0 Å². The van der Waals surface area contributed by atoms with E-state index in [0.29, 0.717) is 13.0 Å². The Labute approximate surface area is 96.1 Å². The van der Waals surface area contributed by atoms with Gasteiger partial charge in [0.25, 0.3) is 0 Å². The average molecular weight is 222 g/mol. The van der Waals surface area contributed by atoms with Crippen molar-refractivity contribution in [2.24, 2.45) is 5.92 Å². The van der Waals surface area contributed by atoms with Gasteiger partial charge in [0.1, 0.15) is 0 Å². The maximum atomic E-state index is 11.6. The molecule has 0 saturated carbocycles. The van der Waals surface area contributed by atoms with Crippen LogP contribution in [-0.4, -0.2) is 17.7 Å². The molecule has 0 unspecified atom stereocenters. The molecule has 3 heteroatoms. The fraction of sp³-hybridized carbons (Fsp3) is 0.462. The molecule has 0 aliphatic carbocycles. The number of hydrogen-bond acceptors (Lipinski definition) is 3. The molecule has 16 heavy (non-hydrogen) atoms. The average Bonchev–Trinajstić information content (AvgIpc) is 2.31. The summed E-state index contributed by atoms with van der Waals surface area (Å²) in [7, 11) is 0. The highest BCUT2D eigenvalue weighted by Crippen LogP contribution is 2.25. The number of aliphatic hydroxyl groups is 1. The Morgan fingerprint density at radius 3 is 2.44 bits per heavy atom. The van der Waals surface area contributed by atoms with E-state index in [9.17, 15) is 9.90 Å². The maximum Gasteiger partial charge on any atom is 0.311 e. The van der Waals surface area contributed by atoms with Crippen molar-refractivity contribution in [1.82, 2.24) is 0 Å². The Morgan fingerprint density at radius 2 is 1.94 bits per heavy atom. The summed E-state index contributed by atoms with van der Waals surface area (Å²) in [6.45, 7) is 3.98. The Hall–Kier alpha value is -1.35. The standard InChI is InChI=1S/C13H18O3/c1-3-11(13(15)16-4-2)12(14)10-8-6-5-7-9-10/h5-9,11-12,14H,3-4H2,1-2H3/t11-,12-/m1/s1. The van der Waals surface area contributed by atoms with E-state index in [0.717, 1.165) is 5.56 Å². The number of carbonyl (C=O) groups excluding carboxylic acids is 1. The van der Waals surface area contributed by atoms with Crippen molar-refractivity contribution in [3.05, 3.63) is 35.9 Å². The van der Waals surface area contributed by atoms with E-state index in [2.05, 4.69) is 0 Å². The minimum absolute atomic E-state index is 0.332. The molecule has 3 nitrogen and oxygen atoms in total. The van der Waals surface area contributed by atoms with E-state index in [1.54, 1.807) is 6.92 Å². The van der Waals surface area contributed by atoms with Crippen LogP contribution in [0.1, 0.15) is 31.9 Å². The first-order valence-corrected chi connectivity index (χ1v) is 5.60. The predicted molar refractivity (Wildman–Crippen MR) is 61.8 cm³/mol. The highest BCUT2D eigenvalue weighted by Gasteiger charge is 2.27. The molecule has 0 spiro atoms. The fourth-order valence-electron chi connectivity index (χ4n) is 1.65. The van der Waals surface area contributed by atoms with Crippen molar-refractivity contribution in [2.45, 2.75) is 26.4 Å². The summed E-state index contributed by atoms with van der Waals surface area (Å²) in [4.78, 5) is 11.6. The second-order valence-electron chi connectivity index (χ2n) is 3.62. The summed E-state index contributed by atoms with van der Waals surface area (Å²) in [5.74, 6) is -0.816. The first-order chi connectivity index (χ1) is 7.70. The largest absolute Gasteiger partial charge is 0.466 e. The van der Waals surface area contributed by atoms with Crippen molar-refractivity contribution in [1.29, 1.82) is 0 Å². The molecule has 0 saturated heterocycles. The lowest BCUT2D eigenvalue weighted by Crippen LogP contribution is -2.24. The highest BCUT2D eigenvalue weighted by molar-refractivity contribution is 5.73. The summed E-state index contributed by atoms with van der Waals surface area (Å²) < 4.78 is 4.94. The van der Waals surface area contributed by atoms with Crippen LogP contribution in [0.15, 0.2) is 30.3 Å². The predicted octanol–water partition coefficient (Wildman–Crippen LogP) is 2.31. The molecule has 0 radical (unpaired) electrons. The van der Waals surface area contributed by atoms with Crippen LogP contribution >= 0.6 is 0 Å². The number of aliphatic hydroxyl groups excluding tert-OH is 1. The van der Waals surface area contributed by atoms with Gasteiger partial charge >= 0.3 is 5.97 Å². The minimum Gasteiger partial charge on any atom is -0.466 e. The molecule has 2 atom stereocenters. The number of carbonyl (C=O) groups is 1. The molecule has 0 aromatic heterocycles. The first kappa shape index (κ1) is 12.7. The van der Waals surface area contributed by atoms with Gasteiger partial charge in [-0.25, -0.2) is 0 Å². The minimum atomic E-state index is -0.787. The molecule has 1 rings (SSSR count). The van der Waals surface area contributed by atoms with E-state index in [1.165, 1.54) is 0 Å². The Morgan fingerprint density at radius 1 is 1.31 bits per heavy atom. The second-order valence-corrected chi connectivity index (χ2v) is 3.62. The molecule has 0 heterocycles. The Kier molecular flexibility index (Phi) is 4.99. The van der Waals surface area contributed by atoms with Gasteiger partial charge in [-0.15, -0.1) is 0 Å². The van der Waals surface area contributed by atoms with Crippen LogP contribution in [0.2, 0.25) is 0 Å². The lowest BCUT2D eigenvalue weighted by molar-refractivity contribution is -0.152. The molecular formula is C13H18O3. The number of esters is 1. The van der Waals surface area contributed by atoms with Crippen LogP contribution in [0.4, 0.5) is 0 Å². The number of benzene rings is 1. The van der Waals surface area contributed by atoms with Crippen molar-refractivity contribution in [3.8, 4) is 0 Å². The molecule has 0 aliphatic rings. The molecule has 1 aromatic carbocycles. The van der Waals surface area contributed by atoms with Gasteiger partial charge in [-0.3, -0.25) is 4.79 Å². The van der Waals surface area contributed by atoms with Gasteiger partial charge in [0.05, 0.1) is 18.6 Å². The summed E-state index contributed by atoms with van der Waals surface area (Å²) >= 11 is 0. The second kappa shape index (κ2) is 6.28. The normalized spacial score (nSPS) is 14.2. The molecule has 0 fully saturated rings. The van der Waals surface area contributed by atoms with Crippen molar-refractivity contribution >= 4 is 5.97 Å². The van der Waals surface area contributed by atoms with Crippen LogP contribution in [0, 0.1) is 5.92 Å². The molecular weight excluding hydrogens is 204 g/mol. The molecule has 1 aromatic rings. The van der Waals surface area contributed by atoms with E-state index in [-0.39, 0.29) is 5.97 Å². The van der Waals surface area contributed by atoms with Crippen LogP contribution < -0.4 is 0 Å². The van der Waals surface area contributed by atoms with Gasteiger partial charge in [-0.05, 0) is 18.9 Å². The highest BCUT2D eigenvalue weighted by atomic mass is 16.5. The zero-order valence-electron chi connectivity index (χ0n) is 9.72. The van der Waals surface area contributed by atoms with Crippen molar-refractivity contribution in [3.63, 3.8) is 0 Å². The number of ether oxygens (including phenoxy) is 1. The van der Waals surface area contributed by atoms with Crippen molar-refractivity contribution < 1.29 is 14.6 Å². The van der Waals surface area contributed by atoms with Crippen LogP contribution in [0.3, 0.4) is 0 Å². The van der Waals surface area contributed by atoms with Crippen LogP contribution in [0.25, 0.3) is 0 Å². The quantitative estimate of drug-likeness (QED) is 0.778. The first-order valence-electron chi connectivity index (χ1n) is 5.60. The van der Waals surface area contributed by atoms with Crippen LogP contribution in [-0.2, 0) is 9.53 Å². The topological polar surface area (TPSA) is 46.5 Å². The fourth-order valence-corrected chi connectivity index (χ4v) is 1.65. The Bertz CT molecular complexity index is 321. The summed E-state index contributed by atoms with van der Waals surface area (Å²) in [6.07, 6.45) is -0.222. The molecule has 0 bridgehead atoms. The van der Waals surface area contributed by atoms with Crippen molar-refractivity contribution in [2.75, 3.05) is 6.61 Å². The molecule has 0 amide bonds. The van der Waals surface area contributed by atoms with Gasteiger partial charge in [0.2, 0.25) is 0 Å².